The predicted molar refractivity (Wildman–Crippen MR) is 94.3 cm³/mol. The maximum atomic E-state index is 9.02. The fraction of sp³-hybridized carbons (Fsp3) is 0.412. The molecule has 3 heterocycles. The summed E-state index contributed by atoms with van der Waals surface area (Å²) in [6.07, 6.45) is 1.69. The SMILES string of the molecule is CCNc1cc(C)nc(N2CCN(c3cc(C#N)ccn3)CC2)n1. The molecule has 0 saturated carbocycles. The van der Waals surface area contributed by atoms with Gasteiger partial charge in [-0.3, -0.25) is 0 Å². The number of aryl methyl sites for hydroxylation is 1. The first-order chi connectivity index (χ1) is 11.7. The molecule has 124 valence electrons. The lowest BCUT2D eigenvalue weighted by Gasteiger charge is -2.35. The molecule has 2 aromatic rings. The zero-order valence-corrected chi connectivity index (χ0v) is 14.0. The molecule has 7 heteroatoms. The van der Waals surface area contributed by atoms with E-state index in [4.69, 9.17) is 5.26 Å². The molecule has 1 aliphatic heterocycles. The van der Waals surface area contributed by atoms with Crippen LogP contribution in [0.3, 0.4) is 0 Å². The summed E-state index contributed by atoms with van der Waals surface area (Å²) >= 11 is 0. The smallest absolute Gasteiger partial charge is 0.227 e. The monoisotopic (exact) mass is 323 g/mol. The minimum atomic E-state index is 0.639. The van der Waals surface area contributed by atoms with E-state index in [9.17, 15) is 0 Å². The molecule has 1 fully saturated rings. The molecule has 0 bridgehead atoms. The summed E-state index contributed by atoms with van der Waals surface area (Å²) in [7, 11) is 0. The molecule has 0 amide bonds. The van der Waals surface area contributed by atoms with Crippen LogP contribution in [0.4, 0.5) is 17.6 Å². The topological polar surface area (TPSA) is 81.0 Å². The Morgan fingerprint density at radius 3 is 2.62 bits per heavy atom. The number of hydrogen-bond donors (Lipinski definition) is 1. The van der Waals surface area contributed by atoms with Crippen LogP contribution in [0.25, 0.3) is 0 Å². The van der Waals surface area contributed by atoms with Crippen molar-refractivity contribution in [2.45, 2.75) is 13.8 Å². The van der Waals surface area contributed by atoms with Crippen LogP contribution < -0.4 is 15.1 Å². The summed E-state index contributed by atoms with van der Waals surface area (Å²) in [6, 6.07) is 7.68. The van der Waals surface area contributed by atoms with E-state index in [-0.39, 0.29) is 0 Å². The third-order valence-electron chi connectivity index (χ3n) is 3.96. The fourth-order valence-corrected chi connectivity index (χ4v) is 2.76. The molecular weight excluding hydrogens is 302 g/mol. The first-order valence-corrected chi connectivity index (χ1v) is 8.15. The van der Waals surface area contributed by atoms with E-state index in [1.807, 2.05) is 19.1 Å². The standard InChI is InChI=1S/C17H21N7/c1-3-19-15-10-13(2)21-17(22-15)24-8-6-23(7-9-24)16-11-14(12-18)4-5-20-16/h4-5,10-11H,3,6-9H2,1-2H3,(H,19,21,22). The lowest BCUT2D eigenvalue weighted by Crippen LogP contribution is -2.47. The van der Waals surface area contributed by atoms with Crippen molar-refractivity contribution in [2.75, 3.05) is 47.8 Å². The second-order valence-electron chi connectivity index (χ2n) is 5.71. The highest BCUT2D eigenvalue weighted by atomic mass is 15.3. The van der Waals surface area contributed by atoms with Gasteiger partial charge in [-0.1, -0.05) is 0 Å². The average molecular weight is 323 g/mol. The molecule has 0 atom stereocenters. The molecule has 7 nitrogen and oxygen atoms in total. The van der Waals surface area contributed by atoms with E-state index in [1.165, 1.54) is 0 Å². The van der Waals surface area contributed by atoms with Gasteiger partial charge in [-0.05, 0) is 26.0 Å². The van der Waals surface area contributed by atoms with E-state index in [0.29, 0.717) is 5.56 Å². The predicted octanol–water partition coefficient (Wildman–Crippen LogP) is 1.81. The van der Waals surface area contributed by atoms with E-state index < -0.39 is 0 Å². The summed E-state index contributed by atoms with van der Waals surface area (Å²) in [4.78, 5) is 17.9. The van der Waals surface area contributed by atoms with Gasteiger partial charge >= 0.3 is 0 Å². The molecule has 0 aromatic carbocycles. The molecule has 0 unspecified atom stereocenters. The number of rotatable bonds is 4. The highest BCUT2D eigenvalue weighted by molar-refractivity contribution is 5.48. The van der Waals surface area contributed by atoms with Crippen molar-refractivity contribution >= 4 is 17.6 Å². The van der Waals surface area contributed by atoms with Crippen LogP contribution in [0, 0.1) is 18.3 Å². The summed E-state index contributed by atoms with van der Waals surface area (Å²) in [5.74, 6) is 2.49. The highest BCUT2D eigenvalue weighted by Gasteiger charge is 2.20. The first-order valence-electron chi connectivity index (χ1n) is 8.15. The van der Waals surface area contributed by atoms with Crippen molar-refractivity contribution < 1.29 is 0 Å². The molecule has 1 N–H and O–H groups in total. The quantitative estimate of drug-likeness (QED) is 0.919. The van der Waals surface area contributed by atoms with Crippen LogP contribution in [-0.2, 0) is 0 Å². The molecule has 3 rings (SSSR count). The van der Waals surface area contributed by atoms with Crippen molar-refractivity contribution in [3.63, 3.8) is 0 Å². The third kappa shape index (κ3) is 3.54. The van der Waals surface area contributed by atoms with E-state index in [2.05, 4.69) is 43.1 Å². The van der Waals surface area contributed by atoms with Crippen LogP contribution in [0.5, 0.6) is 0 Å². The van der Waals surface area contributed by atoms with Gasteiger partial charge in [0, 0.05) is 50.7 Å². The Morgan fingerprint density at radius 1 is 1.17 bits per heavy atom. The van der Waals surface area contributed by atoms with Gasteiger partial charge in [-0.25, -0.2) is 9.97 Å². The average Bonchev–Trinajstić information content (AvgIpc) is 2.62. The largest absolute Gasteiger partial charge is 0.370 e. The Hall–Kier alpha value is -2.88. The van der Waals surface area contributed by atoms with Crippen LogP contribution in [0.1, 0.15) is 18.2 Å². The van der Waals surface area contributed by atoms with Gasteiger partial charge in [0.05, 0.1) is 11.6 Å². The maximum Gasteiger partial charge on any atom is 0.227 e. The number of nitriles is 1. The number of nitrogens with one attached hydrogen (secondary N) is 1. The van der Waals surface area contributed by atoms with Crippen LogP contribution in [-0.4, -0.2) is 47.7 Å². The van der Waals surface area contributed by atoms with Crippen molar-refractivity contribution in [1.29, 1.82) is 5.26 Å². The summed E-state index contributed by atoms with van der Waals surface area (Å²) < 4.78 is 0. The lowest BCUT2D eigenvalue weighted by molar-refractivity contribution is 0.634. The maximum absolute atomic E-state index is 9.02. The van der Waals surface area contributed by atoms with E-state index >= 15 is 0 Å². The van der Waals surface area contributed by atoms with Crippen molar-refractivity contribution in [3.8, 4) is 6.07 Å². The van der Waals surface area contributed by atoms with Gasteiger partial charge in [0.25, 0.3) is 0 Å². The number of aromatic nitrogens is 3. The number of piperazine rings is 1. The summed E-state index contributed by atoms with van der Waals surface area (Å²) in [5.41, 5.74) is 1.60. The lowest BCUT2D eigenvalue weighted by atomic mass is 10.2. The molecule has 24 heavy (non-hydrogen) atoms. The van der Waals surface area contributed by atoms with Gasteiger partial charge in [0.15, 0.2) is 0 Å². The first kappa shape index (κ1) is 16.0. The van der Waals surface area contributed by atoms with Crippen LogP contribution in [0.15, 0.2) is 24.4 Å². The van der Waals surface area contributed by atoms with Crippen molar-refractivity contribution in [3.05, 3.63) is 35.7 Å². The summed E-state index contributed by atoms with van der Waals surface area (Å²) in [5, 5.41) is 12.3. The van der Waals surface area contributed by atoms with Gasteiger partial charge < -0.3 is 15.1 Å². The molecule has 0 aliphatic carbocycles. The molecular formula is C17H21N7. The zero-order chi connectivity index (χ0) is 16.9. The molecule has 0 radical (unpaired) electrons. The van der Waals surface area contributed by atoms with Gasteiger partial charge in [-0.2, -0.15) is 10.2 Å². The van der Waals surface area contributed by atoms with Crippen LogP contribution in [0.2, 0.25) is 0 Å². The van der Waals surface area contributed by atoms with E-state index in [1.54, 1.807) is 12.3 Å². The van der Waals surface area contributed by atoms with Gasteiger partial charge in [0.2, 0.25) is 5.95 Å². The molecule has 2 aromatic heterocycles. The second-order valence-corrected chi connectivity index (χ2v) is 5.71. The third-order valence-corrected chi connectivity index (χ3v) is 3.96. The fourth-order valence-electron chi connectivity index (χ4n) is 2.76. The molecule has 1 saturated heterocycles. The Bertz CT molecular complexity index is 745. The molecule has 1 aliphatic rings. The summed E-state index contributed by atoms with van der Waals surface area (Å²) in [6.45, 7) is 8.19. The van der Waals surface area contributed by atoms with E-state index in [0.717, 1.165) is 56.0 Å². The molecule has 0 spiro atoms. The normalized spacial score (nSPS) is 14.4. The number of hydrogen-bond acceptors (Lipinski definition) is 7. The zero-order valence-electron chi connectivity index (χ0n) is 14.0. The van der Waals surface area contributed by atoms with Crippen molar-refractivity contribution in [2.24, 2.45) is 0 Å². The number of pyridine rings is 1. The van der Waals surface area contributed by atoms with Gasteiger partial charge in [-0.15, -0.1) is 0 Å². The number of anilines is 3. The highest BCUT2D eigenvalue weighted by Crippen LogP contribution is 2.19. The Balaban J connectivity index is 1.70. The Morgan fingerprint density at radius 2 is 1.92 bits per heavy atom. The second kappa shape index (κ2) is 7.13. The van der Waals surface area contributed by atoms with Crippen molar-refractivity contribution in [1.82, 2.24) is 15.0 Å². The Labute approximate surface area is 142 Å². The van der Waals surface area contributed by atoms with Gasteiger partial charge in [0.1, 0.15) is 11.6 Å². The number of nitrogens with zero attached hydrogens (tertiary/aromatic N) is 6. The minimum Gasteiger partial charge on any atom is -0.370 e. The van der Waals surface area contributed by atoms with Crippen LogP contribution >= 0.6 is 0 Å². The minimum absolute atomic E-state index is 0.639. The Kier molecular flexibility index (Phi) is 4.75.